The van der Waals surface area contributed by atoms with E-state index in [1.165, 1.54) is 0 Å². The molecule has 24 heavy (non-hydrogen) atoms. The van der Waals surface area contributed by atoms with Crippen molar-refractivity contribution in [2.75, 3.05) is 0 Å². The van der Waals surface area contributed by atoms with Crippen molar-refractivity contribution in [3.05, 3.63) is 70.9 Å². The first-order chi connectivity index (χ1) is 11.5. The number of benzene rings is 1. The van der Waals surface area contributed by atoms with E-state index in [9.17, 15) is 4.79 Å². The molecule has 0 spiro atoms. The number of rotatable bonds is 4. The summed E-state index contributed by atoms with van der Waals surface area (Å²) in [6, 6.07) is 13.4. The normalized spacial score (nSPS) is 12.2. The molecule has 124 valence electrons. The molecular formula is C19H21N3O2. The van der Waals surface area contributed by atoms with Gasteiger partial charge in [0, 0.05) is 11.3 Å². The summed E-state index contributed by atoms with van der Waals surface area (Å²) in [6.45, 7) is 7.68. The predicted octanol–water partition coefficient (Wildman–Crippen LogP) is 3.88. The molecule has 0 aliphatic carbocycles. The van der Waals surface area contributed by atoms with Crippen molar-refractivity contribution in [3.8, 4) is 5.69 Å². The summed E-state index contributed by atoms with van der Waals surface area (Å²) < 4.78 is 7.30. The van der Waals surface area contributed by atoms with E-state index in [1.807, 2.05) is 64.1 Å². The minimum atomic E-state index is -0.196. The first-order valence-electron chi connectivity index (χ1n) is 7.95. The zero-order valence-corrected chi connectivity index (χ0v) is 14.3. The number of aromatic nitrogens is 2. The molecule has 0 aliphatic heterocycles. The van der Waals surface area contributed by atoms with Gasteiger partial charge in [0.25, 0.3) is 5.91 Å². The van der Waals surface area contributed by atoms with Crippen molar-refractivity contribution < 1.29 is 9.21 Å². The molecule has 0 aliphatic rings. The molecule has 1 atom stereocenters. The van der Waals surface area contributed by atoms with Crippen LogP contribution in [0.1, 0.15) is 46.2 Å². The maximum absolute atomic E-state index is 12.5. The smallest absolute Gasteiger partial charge is 0.272 e. The van der Waals surface area contributed by atoms with Gasteiger partial charge >= 0.3 is 0 Å². The third-order valence-corrected chi connectivity index (χ3v) is 4.01. The van der Waals surface area contributed by atoms with Gasteiger partial charge in [-0.05, 0) is 52.0 Å². The number of carbonyl (C=O) groups is 1. The Labute approximate surface area is 141 Å². The fourth-order valence-electron chi connectivity index (χ4n) is 2.84. The van der Waals surface area contributed by atoms with E-state index in [2.05, 4.69) is 10.4 Å². The van der Waals surface area contributed by atoms with Gasteiger partial charge in [-0.1, -0.05) is 18.2 Å². The Hall–Kier alpha value is -2.82. The van der Waals surface area contributed by atoms with Gasteiger partial charge in [0.05, 0.1) is 11.7 Å². The maximum atomic E-state index is 12.5. The second-order valence-corrected chi connectivity index (χ2v) is 5.98. The van der Waals surface area contributed by atoms with Crippen LogP contribution >= 0.6 is 0 Å². The Kier molecular flexibility index (Phi) is 4.25. The second-order valence-electron chi connectivity index (χ2n) is 5.98. The van der Waals surface area contributed by atoms with E-state index in [0.717, 1.165) is 28.5 Å². The molecule has 0 fully saturated rings. The summed E-state index contributed by atoms with van der Waals surface area (Å²) in [4.78, 5) is 12.5. The molecule has 1 aromatic carbocycles. The van der Waals surface area contributed by atoms with Crippen molar-refractivity contribution in [3.63, 3.8) is 0 Å². The van der Waals surface area contributed by atoms with Crippen molar-refractivity contribution in [1.82, 2.24) is 15.1 Å². The summed E-state index contributed by atoms with van der Waals surface area (Å²) in [6.07, 6.45) is 0. The Morgan fingerprint density at radius 2 is 1.88 bits per heavy atom. The highest BCUT2D eigenvalue weighted by Crippen LogP contribution is 2.21. The molecule has 0 saturated heterocycles. The SMILES string of the molecule is Cc1cc(C(C)NC(=O)c2cc(C)n(-c3ccccc3)n2)c(C)o1. The average Bonchev–Trinajstić information content (AvgIpc) is 3.10. The second kappa shape index (κ2) is 6.35. The van der Waals surface area contributed by atoms with E-state index < -0.39 is 0 Å². The van der Waals surface area contributed by atoms with Gasteiger partial charge in [-0.3, -0.25) is 4.79 Å². The fraction of sp³-hybridized carbons (Fsp3) is 0.263. The van der Waals surface area contributed by atoms with Crippen molar-refractivity contribution in [1.29, 1.82) is 0 Å². The van der Waals surface area contributed by atoms with Crippen LogP contribution in [0.25, 0.3) is 5.69 Å². The lowest BCUT2D eigenvalue weighted by molar-refractivity contribution is 0.0934. The van der Waals surface area contributed by atoms with Crippen molar-refractivity contribution >= 4 is 5.91 Å². The standard InChI is InChI=1S/C19H21N3O2/c1-12-10-18(21-22(12)16-8-6-5-7-9-16)19(23)20-14(3)17-11-13(2)24-15(17)4/h5-11,14H,1-4H3,(H,20,23). The summed E-state index contributed by atoms with van der Waals surface area (Å²) in [5, 5.41) is 7.42. The number of hydrogen-bond acceptors (Lipinski definition) is 3. The van der Waals surface area contributed by atoms with E-state index in [-0.39, 0.29) is 11.9 Å². The van der Waals surface area contributed by atoms with E-state index in [4.69, 9.17) is 4.42 Å². The van der Waals surface area contributed by atoms with Gasteiger partial charge in [-0.2, -0.15) is 5.10 Å². The number of furan rings is 1. The summed E-state index contributed by atoms with van der Waals surface area (Å²) in [5.41, 5.74) is 3.24. The van der Waals surface area contributed by atoms with Gasteiger partial charge in [-0.15, -0.1) is 0 Å². The lowest BCUT2D eigenvalue weighted by atomic mass is 10.1. The lowest BCUT2D eigenvalue weighted by Gasteiger charge is -2.12. The predicted molar refractivity (Wildman–Crippen MR) is 92.4 cm³/mol. The number of para-hydroxylation sites is 1. The molecule has 0 bridgehead atoms. The topological polar surface area (TPSA) is 60.1 Å². The molecule has 3 aromatic rings. The van der Waals surface area contributed by atoms with Crippen LogP contribution in [0.4, 0.5) is 0 Å². The molecule has 3 rings (SSSR count). The summed E-state index contributed by atoms with van der Waals surface area (Å²) >= 11 is 0. The highest BCUT2D eigenvalue weighted by molar-refractivity contribution is 5.92. The van der Waals surface area contributed by atoms with E-state index in [0.29, 0.717) is 5.69 Å². The molecule has 1 N–H and O–H groups in total. The Morgan fingerprint density at radius 1 is 1.17 bits per heavy atom. The first-order valence-corrected chi connectivity index (χ1v) is 7.95. The summed E-state index contributed by atoms with van der Waals surface area (Å²) in [5.74, 6) is 1.47. The van der Waals surface area contributed by atoms with Crippen LogP contribution in [-0.4, -0.2) is 15.7 Å². The number of aryl methyl sites for hydroxylation is 3. The van der Waals surface area contributed by atoms with Crippen LogP contribution in [0.5, 0.6) is 0 Å². The van der Waals surface area contributed by atoms with Crippen molar-refractivity contribution in [2.24, 2.45) is 0 Å². The number of nitrogens with one attached hydrogen (secondary N) is 1. The Bertz CT molecular complexity index is 862. The Balaban J connectivity index is 1.80. The van der Waals surface area contributed by atoms with Crippen LogP contribution in [-0.2, 0) is 0 Å². The molecule has 1 unspecified atom stereocenters. The number of amides is 1. The average molecular weight is 323 g/mol. The molecule has 5 heteroatoms. The molecule has 1 amide bonds. The van der Waals surface area contributed by atoms with Crippen LogP contribution in [0, 0.1) is 20.8 Å². The quantitative estimate of drug-likeness (QED) is 0.792. The molecule has 0 saturated carbocycles. The molecular weight excluding hydrogens is 302 g/mol. The third-order valence-electron chi connectivity index (χ3n) is 4.01. The van der Waals surface area contributed by atoms with Crippen LogP contribution in [0.2, 0.25) is 0 Å². The highest BCUT2D eigenvalue weighted by atomic mass is 16.3. The third kappa shape index (κ3) is 3.11. The molecule has 0 radical (unpaired) electrons. The van der Waals surface area contributed by atoms with Crippen LogP contribution in [0.3, 0.4) is 0 Å². The first kappa shape index (κ1) is 16.1. The largest absolute Gasteiger partial charge is 0.466 e. The number of hydrogen-bond donors (Lipinski definition) is 1. The zero-order valence-electron chi connectivity index (χ0n) is 14.3. The zero-order chi connectivity index (χ0) is 17.3. The van der Waals surface area contributed by atoms with Crippen LogP contribution in [0.15, 0.2) is 46.9 Å². The summed E-state index contributed by atoms with van der Waals surface area (Å²) in [7, 11) is 0. The fourth-order valence-corrected chi connectivity index (χ4v) is 2.84. The lowest BCUT2D eigenvalue weighted by Crippen LogP contribution is -2.27. The van der Waals surface area contributed by atoms with E-state index >= 15 is 0 Å². The minimum absolute atomic E-state index is 0.142. The van der Waals surface area contributed by atoms with Gasteiger partial charge in [0.1, 0.15) is 11.5 Å². The minimum Gasteiger partial charge on any atom is -0.466 e. The number of carbonyl (C=O) groups excluding carboxylic acids is 1. The molecule has 2 aromatic heterocycles. The molecule has 5 nitrogen and oxygen atoms in total. The monoisotopic (exact) mass is 323 g/mol. The van der Waals surface area contributed by atoms with Gasteiger partial charge in [0.15, 0.2) is 5.69 Å². The maximum Gasteiger partial charge on any atom is 0.272 e. The highest BCUT2D eigenvalue weighted by Gasteiger charge is 2.18. The number of nitrogens with zero attached hydrogens (tertiary/aromatic N) is 2. The van der Waals surface area contributed by atoms with Gasteiger partial charge in [-0.25, -0.2) is 4.68 Å². The Morgan fingerprint density at radius 3 is 2.50 bits per heavy atom. The van der Waals surface area contributed by atoms with Gasteiger partial charge in [0.2, 0.25) is 0 Å². The van der Waals surface area contributed by atoms with E-state index in [1.54, 1.807) is 10.7 Å². The molecule has 2 heterocycles. The van der Waals surface area contributed by atoms with Crippen LogP contribution < -0.4 is 5.32 Å². The van der Waals surface area contributed by atoms with Gasteiger partial charge < -0.3 is 9.73 Å². The van der Waals surface area contributed by atoms with Crippen molar-refractivity contribution in [2.45, 2.75) is 33.7 Å².